The zero-order valence-corrected chi connectivity index (χ0v) is 13.6. The molecule has 1 aromatic rings. The van der Waals surface area contributed by atoms with Crippen LogP contribution in [0.2, 0.25) is 10.0 Å². The zero-order chi connectivity index (χ0) is 15.6. The van der Waals surface area contributed by atoms with Crippen molar-refractivity contribution in [2.24, 2.45) is 11.1 Å². The lowest BCUT2D eigenvalue weighted by molar-refractivity contribution is -0.127. The van der Waals surface area contributed by atoms with E-state index < -0.39 is 10.0 Å². The minimum absolute atomic E-state index is 0.0539. The predicted octanol–water partition coefficient (Wildman–Crippen LogP) is 1.67. The molecular weight excluding hydrogens is 335 g/mol. The highest BCUT2D eigenvalue weighted by molar-refractivity contribution is 7.89. The van der Waals surface area contributed by atoms with E-state index in [9.17, 15) is 13.2 Å². The van der Waals surface area contributed by atoms with E-state index in [-0.39, 0.29) is 24.0 Å². The molecule has 1 aromatic carbocycles. The molecule has 1 fully saturated rings. The van der Waals surface area contributed by atoms with Crippen LogP contribution in [0.5, 0.6) is 0 Å². The summed E-state index contributed by atoms with van der Waals surface area (Å²) in [4.78, 5) is 13.5. The molecule has 1 aliphatic heterocycles. The van der Waals surface area contributed by atoms with E-state index in [1.165, 1.54) is 0 Å². The Morgan fingerprint density at radius 3 is 2.71 bits per heavy atom. The highest BCUT2D eigenvalue weighted by atomic mass is 35.5. The Kier molecular flexibility index (Phi) is 5.14. The molecule has 21 heavy (non-hydrogen) atoms. The van der Waals surface area contributed by atoms with Crippen molar-refractivity contribution in [1.29, 1.82) is 0 Å². The molecule has 1 atom stereocenters. The van der Waals surface area contributed by atoms with Crippen LogP contribution in [-0.4, -0.2) is 38.1 Å². The van der Waals surface area contributed by atoms with Gasteiger partial charge < -0.3 is 4.90 Å². The number of primary sulfonamides is 1. The van der Waals surface area contributed by atoms with Gasteiger partial charge in [-0.25, -0.2) is 13.6 Å². The van der Waals surface area contributed by atoms with Crippen LogP contribution in [-0.2, 0) is 21.2 Å². The number of amides is 1. The first-order chi connectivity index (χ1) is 9.76. The van der Waals surface area contributed by atoms with Gasteiger partial charge in [-0.1, -0.05) is 35.3 Å². The summed E-state index contributed by atoms with van der Waals surface area (Å²) >= 11 is 12.0. The van der Waals surface area contributed by atoms with E-state index in [0.29, 0.717) is 29.6 Å². The van der Waals surface area contributed by atoms with E-state index in [0.717, 1.165) is 5.56 Å². The number of sulfonamides is 1. The average Bonchev–Trinajstić information content (AvgIpc) is 2.69. The topological polar surface area (TPSA) is 80.5 Å². The maximum absolute atomic E-state index is 11.9. The summed E-state index contributed by atoms with van der Waals surface area (Å²) in [5.74, 6) is -0.447. The number of carbonyl (C=O) groups excluding carboxylic acids is 1. The first kappa shape index (κ1) is 16.5. The van der Waals surface area contributed by atoms with Gasteiger partial charge in [0.1, 0.15) is 0 Å². The molecule has 1 aliphatic rings. The van der Waals surface area contributed by atoms with Crippen LogP contribution in [0.1, 0.15) is 12.0 Å². The maximum atomic E-state index is 11.9. The lowest BCUT2D eigenvalue weighted by Gasteiger charge is -2.17. The summed E-state index contributed by atoms with van der Waals surface area (Å²) in [5, 5.41) is 5.99. The number of likely N-dealkylation sites (tertiary alicyclic amines) is 1. The standard InChI is InChI=1S/C13H16Cl2N2O3S/c14-11-3-1-2-10(13(11)15)4-5-17-7-9(6-12(17)18)8-21(16,19)20/h1-3,9H,4-8H2,(H2,16,19,20). The minimum Gasteiger partial charge on any atom is -0.342 e. The lowest BCUT2D eigenvalue weighted by atomic mass is 10.1. The fourth-order valence-corrected chi connectivity index (χ4v) is 3.80. The minimum atomic E-state index is -3.55. The van der Waals surface area contributed by atoms with Gasteiger partial charge in [0.05, 0.1) is 15.8 Å². The molecule has 0 radical (unpaired) electrons. The normalized spacial score (nSPS) is 19.3. The number of nitrogens with two attached hydrogens (primary N) is 1. The number of nitrogens with zero attached hydrogens (tertiary/aromatic N) is 1. The molecule has 0 saturated carbocycles. The monoisotopic (exact) mass is 350 g/mol. The van der Waals surface area contributed by atoms with Crippen LogP contribution in [0.15, 0.2) is 18.2 Å². The number of carbonyl (C=O) groups is 1. The van der Waals surface area contributed by atoms with Crippen molar-refractivity contribution in [2.45, 2.75) is 12.8 Å². The molecule has 1 unspecified atom stereocenters. The highest BCUT2D eigenvalue weighted by Gasteiger charge is 2.31. The molecule has 8 heteroatoms. The Labute approximate surface area is 134 Å². The van der Waals surface area contributed by atoms with Crippen LogP contribution < -0.4 is 5.14 Å². The summed E-state index contributed by atoms with van der Waals surface area (Å²) in [6.45, 7) is 0.896. The largest absolute Gasteiger partial charge is 0.342 e. The summed E-state index contributed by atoms with van der Waals surface area (Å²) in [5.41, 5.74) is 0.867. The maximum Gasteiger partial charge on any atom is 0.222 e. The van der Waals surface area contributed by atoms with Crippen molar-refractivity contribution in [3.8, 4) is 0 Å². The number of hydrogen-bond donors (Lipinski definition) is 1. The third-order valence-electron chi connectivity index (χ3n) is 3.45. The van der Waals surface area contributed by atoms with Gasteiger partial charge in [-0.05, 0) is 18.1 Å². The highest BCUT2D eigenvalue weighted by Crippen LogP contribution is 2.26. The zero-order valence-electron chi connectivity index (χ0n) is 11.3. The van der Waals surface area contributed by atoms with Crippen molar-refractivity contribution in [3.63, 3.8) is 0 Å². The van der Waals surface area contributed by atoms with Gasteiger partial charge in [-0.2, -0.15) is 0 Å². The second kappa shape index (κ2) is 6.52. The summed E-state index contributed by atoms with van der Waals surface area (Å²) < 4.78 is 22.2. The summed E-state index contributed by atoms with van der Waals surface area (Å²) in [7, 11) is -3.55. The van der Waals surface area contributed by atoms with Crippen molar-refractivity contribution >= 4 is 39.1 Å². The van der Waals surface area contributed by atoms with Crippen molar-refractivity contribution < 1.29 is 13.2 Å². The smallest absolute Gasteiger partial charge is 0.222 e. The quantitative estimate of drug-likeness (QED) is 0.876. The molecule has 0 aliphatic carbocycles. The average molecular weight is 351 g/mol. The first-order valence-corrected chi connectivity index (χ1v) is 8.94. The van der Waals surface area contributed by atoms with Crippen LogP contribution in [0, 0.1) is 5.92 Å². The summed E-state index contributed by atoms with van der Waals surface area (Å²) in [6, 6.07) is 5.37. The molecule has 5 nitrogen and oxygen atoms in total. The fraction of sp³-hybridized carbons (Fsp3) is 0.462. The van der Waals surface area contributed by atoms with Gasteiger partial charge in [0.2, 0.25) is 15.9 Å². The van der Waals surface area contributed by atoms with Gasteiger partial charge in [0.15, 0.2) is 0 Å². The Balaban J connectivity index is 1.95. The molecule has 1 amide bonds. The van der Waals surface area contributed by atoms with E-state index in [1.54, 1.807) is 17.0 Å². The summed E-state index contributed by atoms with van der Waals surface area (Å²) in [6.07, 6.45) is 0.799. The third-order valence-corrected chi connectivity index (χ3v) is 5.24. The SMILES string of the molecule is NS(=O)(=O)CC1CC(=O)N(CCc2cccc(Cl)c2Cl)C1. The second-order valence-electron chi connectivity index (χ2n) is 5.20. The van der Waals surface area contributed by atoms with Crippen LogP contribution in [0.4, 0.5) is 0 Å². The first-order valence-electron chi connectivity index (χ1n) is 6.47. The molecule has 0 aromatic heterocycles. The lowest BCUT2D eigenvalue weighted by Crippen LogP contribution is -2.29. The van der Waals surface area contributed by atoms with Crippen LogP contribution >= 0.6 is 23.2 Å². The van der Waals surface area contributed by atoms with Crippen molar-refractivity contribution in [2.75, 3.05) is 18.8 Å². The Bertz CT molecular complexity index is 649. The van der Waals surface area contributed by atoms with Gasteiger partial charge >= 0.3 is 0 Å². The molecule has 0 spiro atoms. The number of benzene rings is 1. The number of halogens is 2. The fourth-order valence-electron chi connectivity index (χ4n) is 2.51. The van der Waals surface area contributed by atoms with E-state index >= 15 is 0 Å². The van der Waals surface area contributed by atoms with E-state index in [2.05, 4.69) is 0 Å². The Morgan fingerprint density at radius 1 is 1.33 bits per heavy atom. The van der Waals surface area contributed by atoms with Crippen LogP contribution in [0.3, 0.4) is 0 Å². The molecular formula is C13H16Cl2N2O3S. The third kappa shape index (κ3) is 4.57. The number of rotatable bonds is 5. The molecule has 2 N–H and O–H groups in total. The van der Waals surface area contributed by atoms with Crippen molar-refractivity contribution in [1.82, 2.24) is 4.90 Å². The van der Waals surface area contributed by atoms with Gasteiger partial charge in [-0.3, -0.25) is 4.79 Å². The van der Waals surface area contributed by atoms with Crippen molar-refractivity contribution in [3.05, 3.63) is 33.8 Å². The molecule has 116 valence electrons. The molecule has 1 heterocycles. The van der Waals surface area contributed by atoms with Gasteiger partial charge in [0.25, 0.3) is 0 Å². The molecule has 2 rings (SSSR count). The second-order valence-corrected chi connectivity index (χ2v) is 7.65. The Hall–Kier alpha value is -0.820. The predicted molar refractivity (Wildman–Crippen MR) is 82.8 cm³/mol. The Morgan fingerprint density at radius 2 is 2.05 bits per heavy atom. The molecule has 0 bridgehead atoms. The van der Waals surface area contributed by atoms with E-state index in [1.807, 2.05) is 6.07 Å². The van der Waals surface area contributed by atoms with Gasteiger partial charge in [-0.15, -0.1) is 0 Å². The van der Waals surface area contributed by atoms with E-state index in [4.69, 9.17) is 28.3 Å². The molecule has 1 saturated heterocycles. The van der Waals surface area contributed by atoms with Crippen LogP contribution in [0.25, 0.3) is 0 Å². The van der Waals surface area contributed by atoms with Gasteiger partial charge in [0, 0.05) is 25.4 Å². The number of hydrogen-bond acceptors (Lipinski definition) is 3.